The van der Waals surface area contributed by atoms with Gasteiger partial charge in [-0.2, -0.15) is 0 Å². The van der Waals surface area contributed by atoms with Crippen molar-refractivity contribution in [3.63, 3.8) is 0 Å². The number of carbonyl (C=O) groups excluding carboxylic acids is 1. The molecule has 0 bridgehead atoms. The van der Waals surface area contributed by atoms with Gasteiger partial charge in [-0.3, -0.25) is 4.79 Å². The minimum absolute atomic E-state index is 0.0629. The summed E-state index contributed by atoms with van der Waals surface area (Å²) in [6.45, 7) is 2.35. The minimum atomic E-state index is 0.0629. The number of amides is 1. The highest BCUT2D eigenvalue weighted by Crippen LogP contribution is 2.23. The summed E-state index contributed by atoms with van der Waals surface area (Å²) in [7, 11) is 3.48. The van der Waals surface area contributed by atoms with Crippen molar-refractivity contribution in [3.8, 4) is 5.75 Å². The Labute approximate surface area is 123 Å². The molecule has 106 valence electrons. The molecule has 0 radical (unpaired) electrons. The van der Waals surface area contributed by atoms with Crippen LogP contribution in [0.5, 0.6) is 5.75 Å². The zero-order valence-electron chi connectivity index (χ0n) is 11.6. The van der Waals surface area contributed by atoms with Gasteiger partial charge in [-0.05, 0) is 37.1 Å². The zero-order chi connectivity index (χ0) is 14.4. The molecule has 0 aliphatic rings. The van der Waals surface area contributed by atoms with Crippen LogP contribution in [0, 0.1) is 0 Å². The maximum absolute atomic E-state index is 11.4. The van der Waals surface area contributed by atoms with E-state index < -0.39 is 0 Å². The van der Waals surface area contributed by atoms with E-state index in [0.717, 1.165) is 22.2 Å². The second-order valence-electron chi connectivity index (χ2n) is 4.82. The third kappa shape index (κ3) is 5.61. The number of ether oxygens (including phenoxy) is 1. The van der Waals surface area contributed by atoms with Gasteiger partial charge >= 0.3 is 0 Å². The van der Waals surface area contributed by atoms with Gasteiger partial charge in [0.15, 0.2) is 0 Å². The highest BCUT2D eigenvalue weighted by Gasteiger charge is 2.07. The van der Waals surface area contributed by atoms with Gasteiger partial charge in [0.25, 0.3) is 0 Å². The Hall–Kier alpha value is -1.07. The number of benzene rings is 1. The Bertz CT molecular complexity index is 433. The van der Waals surface area contributed by atoms with Gasteiger partial charge in [0, 0.05) is 24.6 Å². The van der Waals surface area contributed by atoms with Crippen molar-refractivity contribution >= 4 is 21.8 Å². The van der Waals surface area contributed by atoms with Crippen LogP contribution in [-0.2, 0) is 11.2 Å². The highest BCUT2D eigenvalue weighted by molar-refractivity contribution is 9.10. The van der Waals surface area contributed by atoms with Crippen LogP contribution in [0.2, 0.25) is 0 Å². The van der Waals surface area contributed by atoms with Crippen LogP contribution >= 0.6 is 15.9 Å². The summed E-state index contributed by atoms with van der Waals surface area (Å²) < 4.78 is 6.62. The van der Waals surface area contributed by atoms with Crippen LogP contribution in [0.4, 0.5) is 0 Å². The SMILES string of the molecule is CC(N)Cc1cc(OCCC(=O)N(C)C)ccc1Br. The number of halogens is 1. The average Bonchev–Trinajstić information content (AvgIpc) is 2.32. The van der Waals surface area contributed by atoms with E-state index in [0.29, 0.717) is 13.0 Å². The van der Waals surface area contributed by atoms with Gasteiger partial charge in [0.1, 0.15) is 5.75 Å². The van der Waals surface area contributed by atoms with E-state index >= 15 is 0 Å². The Kier molecular flexibility index (Phi) is 6.31. The summed E-state index contributed by atoms with van der Waals surface area (Å²) >= 11 is 3.50. The van der Waals surface area contributed by atoms with Crippen molar-refractivity contribution < 1.29 is 9.53 Å². The summed E-state index contributed by atoms with van der Waals surface area (Å²) in [6, 6.07) is 5.89. The van der Waals surface area contributed by atoms with E-state index in [4.69, 9.17) is 10.5 Å². The van der Waals surface area contributed by atoms with E-state index in [-0.39, 0.29) is 11.9 Å². The van der Waals surface area contributed by atoms with Crippen molar-refractivity contribution in [1.29, 1.82) is 0 Å². The first kappa shape index (κ1) is 16.0. The fourth-order valence-electron chi connectivity index (χ4n) is 1.62. The van der Waals surface area contributed by atoms with Gasteiger partial charge in [-0.1, -0.05) is 15.9 Å². The normalized spacial score (nSPS) is 12.1. The van der Waals surface area contributed by atoms with Crippen molar-refractivity contribution in [3.05, 3.63) is 28.2 Å². The molecule has 0 fully saturated rings. The summed E-state index contributed by atoms with van der Waals surface area (Å²) in [6.07, 6.45) is 1.17. The fraction of sp³-hybridized carbons (Fsp3) is 0.500. The molecule has 1 aromatic rings. The molecular formula is C14H21BrN2O2. The monoisotopic (exact) mass is 328 g/mol. The predicted octanol–water partition coefficient (Wildman–Crippen LogP) is 2.20. The molecular weight excluding hydrogens is 308 g/mol. The summed E-state index contributed by atoms with van der Waals surface area (Å²) in [4.78, 5) is 13.0. The second-order valence-corrected chi connectivity index (χ2v) is 5.68. The Balaban J connectivity index is 2.57. The van der Waals surface area contributed by atoms with Crippen molar-refractivity contribution in [2.24, 2.45) is 5.73 Å². The lowest BCUT2D eigenvalue weighted by atomic mass is 10.1. The minimum Gasteiger partial charge on any atom is -0.493 e. The van der Waals surface area contributed by atoms with Crippen LogP contribution in [0.25, 0.3) is 0 Å². The first-order valence-corrected chi connectivity index (χ1v) is 7.06. The summed E-state index contributed by atoms with van der Waals surface area (Å²) in [5.74, 6) is 0.832. The smallest absolute Gasteiger partial charge is 0.225 e. The van der Waals surface area contributed by atoms with E-state index in [1.807, 2.05) is 25.1 Å². The second kappa shape index (κ2) is 7.50. The maximum atomic E-state index is 11.4. The topological polar surface area (TPSA) is 55.6 Å². The van der Waals surface area contributed by atoms with E-state index in [2.05, 4.69) is 15.9 Å². The van der Waals surface area contributed by atoms with Crippen LogP contribution in [-0.4, -0.2) is 37.6 Å². The van der Waals surface area contributed by atoms with E-state index in [1.54, 1.807) is 19.0 Å². The first-order valence-electron chi connectivity index (χ1n) is 6.27. The first-order chi connectivity index (χ1) is 8.90. The van der Waals surface area contributed by atoms with Gasteiger partial charge in [0.05, 0.1) is 13.0 Å². The van der Waals surface area contributed by atoms with Gasteiger partial charge in [-0.25, -0.2) is 0 Å². The molecule has 4 nitrogen and oxygen atoms in total. The molecule has 1 rings (SSSR count). The quantitative estimate of drug-likeness (QED) is 0.870. The van der Waals surface area contributed by atoms with E-state index in [1.165, 1.54) is 0 Å². The van der Waals surface area contributed by atoms with Gasteiger partial charge in [0.2, 0.25) is 5.91 Å². The number of nitrogens with zero attached hydrogens (tertiary/aromatic N) is 1. The van der Waals surface area contributed by atoms with Crippen molar-refractivity contribution in [2.45, 2.75) is 25.8 Å². The Morgan fingerprint density at radius 1 is 1.47 bits per heavy atom. The molecule has 0 saturated carbocycles. The number of rotatable bonds is 6. The van der Waals surface area contributed by atoms with Crippen LogP contribution in [0.15, 0.2) is 22.7 Å². The molecule has 5 heteroatoms. The lowest BCUT2D eigenvalue weighted by molar-refractivity contribution is -0.129. The van der Waals surface area contributed by atoms with Crippen molar-refractivity contribution in [1.82, 2.24) is 4.90 Å². The molecule has 0 saturated heterocycles. The number of carbonyl (C=O) groups is 1. The number of hydrogen-bond donors (Lipinski definition) is 1. The highest BCUT2D eigenvalue weighted by atomic mass is 79.9. The molecule has 1 aromatic carbocycles. The van der Waals surface area contributed by atoms with Crippen molar-refractivity contribution in [2.75, 3.05) is 20.7 Å². The fourth-order valence-corrected chi connectivity index (χ4v) is 2.03. The zero-order valence-corrected chi connectivity index (χ0v) is 13.2. The molecule has 0 aliphatic carbocycles. The lowest BCUT2D eigenvalue weighted by Gasteiger charge is -2.13. The standard InChI is InChI=1S/C14H21BrN2O2/c1-10(16)8-11-9-12(4-5-13(11)15)19-7-6-14(18)17(2)3/h4-5,9-10H,6-8,16H2,1-3H3. The maximum Gasteiger partial charge on any atom is 0.225 e. The molecule has 0 aromatic heterocycles. The largest absolute Gasteiger partial charge is 0.493 e. The Morgan fingerprint density at radius 2 is 2.16 bits per heavy atom. The molecule has 1 atom stereocenters. The lowest BCUT2D eigenvalue weighted by Crippen LogP contribution is -2.23. The van der Waals surface area contributed by atoms with Gasteiger partial charge < -0.3 is 15.4 Å². The summed E-state index contributed by atoms with van der Waals surface area (Å²) in [5, 5.41) is 0. The molecule has 0 aliphatic heterocycles. The van der Waals surface area contributed by atoms with E-state index in [9.17, 15) is 4.79 Å². The number of hydrogen-bond acceptors (Lipinski definition) is 3. The summed E-state index contributed by atoms with van der Waals surface area (Å²) in [5.41, 5.74) is 6.92. The molecule has 1 amide bonds. The number of nitrogens with two attached hydrogens (primary N) is 1. The van der Waals surface area contributed by atoms with Crippen LogP contribution < -0.4 is 10.5 Å². The molecule has 0 heterocycles. The van der Waals surface area contributed by atoms with Crippen LogP contribution in [0.1, 0.15) is 18.9 Å². The molecule has 19 heavy (non-hydrogen) atoms. The molecule has 2 N–H and O–H groups in total. The van der Waals surface area contributed by atoms with Gasteiger partial charge in [-0.15, -0.1) is 0 Å². The third-order valence-electron chi connectivity index (χ3n) is 2.64. The van der Waals surface area contributed by atoms with Crippen LogP contribution in [0.3, 0.4) is 0 Å². The molecule has 1 unspecified atom stereocenters. The third-order valence-corrected chi connectivity index (χ3v) is 3.42. The average molecular weight is 329 g/mol. The Morgan fingerprint density at radius 3 is 2.74 bits per heavy atom. The molecule has 0 spiro atoms. The predicted molar refractivity (Wildman–Crippen MR) is 80.3 cm³/mol.